The van der Waals surface area contributed by atoms with Crippen molar-refractivity contribution in [3.05, 3.63) is 107 Å². The zero-order chi connectivity index (χ0) is 28.6. The molecule has 0 spiro atoms. The van der Waals surface area contributed by atoms with Crippen molar-refractivity contribution in [3.63, 3.8) is 0 Å². The minimum absolute atomic E-state index is 0.0129. The lowest BCUT2D eigenvalue weighted by Crippen LogP contribution is -2.48. The number of anilines is 2. The number of pyridine rings is 1. The number of carbonyl (C=O) groups excluding carboxylic acids is 1. The van der Waals surface area contributed by atoms with E-state index in [0.29, 0.717) is 37.6 Å². The fraction of sp³-hybridized carbons (Fsp3) is 0.233. The van der Waals surface area contributed by atoms with Gasteiger partial charge < -0.3 is 25.0 Å². The van der Waals surface area contributed by atoms with Crippen molar-refractivity contribution in [2.45, 2.75) is 19.2 Å². The Morgan fingerprint density at radius 1 is 0.902 bits per heavy atom. The number of nitrogens with one attached hydrogen (secondary N) is 1. The maximum Gasteiger partial charge on any atom is 0.408 e. The van der Waals surface area contributed by atoms with Crippen molar-refractivity contribution in [2.24, 2.45) is 0 Å². The molecule has 0 saturated carbocycles. The molecule has 1 aliphatic heterocycles. The second-order valence-electron chi connectivity index (χ2n) is 9.54. The van der Waals surface area contributed by atoms with Gasteiger partial charge in [-0.1, -0.05) is 66.7 Å². The first-order valence-corrected chi connectivity index (χ1v) is 13.3. The molecule has 11 nitrogen and oxygen atoms in total. The summed E-state index contributed by atoms with van der Waals surface area (Å²) >= 11 is 0. The van der Waals surface area contributed by atoms with Crippen molar-refractivity contribution in [2.75, 3.05) is 36.0 Å². The highest BCUT2D eigenvalue weighted by Gasteiger charge is 2.26. The number of aliphatic carboxylic acids is 1. The van der Waals surface area contributed by atoms with E-state index in [4.69, 9.17) is 4.74 Å². The first kappa shape index (κ1) is 27.4. The molecule has 0 unspecified atom stereocenters. The molecule has 0 bridgehead atoms. The van der Waals surface area contributed by atoms with Gasteiger partial charge in [0.15, 0.2) is 0 Å². The molecule has 1 fully saturated rings. The SMILES string of the molecule is O=C(N[C@@H](Cn1cc(-c2ccccc2)c(N2CCN(c3ccccn3)CC2)nc1=O)C(=O)O)OCc1ccccc1. The van der Waals surface area contributed by atoms with Crippen LogP contribution in [-0.4, -0.2) is 63.9 Å². The summed E-state index contributed by atoms with van der Waals surface area (Å²) in [5.41, 5.74) is 1.67. The maximum atomic E-state index is 13.2. The van der Waals surface area contributed by atoms with Crippen LogP contribution >= 0.6 is 0 Å². The minimum Gasteiger partial charge on any atom is -0.480 e. The lowest BCUT2D eigenvalue weighted by molar-refractivity contribution is -0.139. The van der Waals surface area contributed by atoms with Gasteiger partial charge in [0, 0.05) is 44.1 Å². The van der Waals surface area contributed by atoms with Crippen LogP contribution in [-0.2, 0) is 22.7 Å². The van der Waals surface area contributed by atoms with Gasteiger partial charge >= 0.3 is 17.8 Å². The molecule has 1 aliphatic rings. The van der Waals surface area contributed by atoms with Crippen molar-refractivity contribution in [3.8, 4) is 11.1 Å². The lowest BCUT2D eigenvalue weighted by atomic mass is 10.1. The van der Waals surface area contributed by atoms with Gasteiger partial charge in [0.05, 0.1) is 6.54 Å². The molecule has 1 atom stereocenters. The number of carbonyl (C=O) groups is 2. The average molecular weight is 555 g/mol. The Balaban J connectivity index is 1.35. The van der Waals surface area contributed by atoms with E-state index in [9.17, 15) is 19.5 Å². The number of ether oxygens (including phenoxy) is 1. The monoisotopic (exact) mass is 554 g/mol. The van der Waals surface area contributed by atoms with Crippen LogP contribution in [0.1, 0.15) is 5.56 Å². The Morgan fingerprint density at radius 3 is 2.22 bits per heavy atom. The van der Waals surface area contributed by atoms with Crippen LogP contribution in [0.5, 0.6) is 0 Å². The van der Waals surface area contributed by atoms with Crippen LogP contribution < -0.4 is 20.8 Å². The molecule has 210 valence electrons. The molecule has 1 saturated heterocycles. The summed E-state index contributed by atoms with van der Waals surface area (Å²) in [4.78, 5) is 50.6. The number of carboxylic acids is 1. The summed E-state index contributed by atoms with van der Waals surface area (Å²) in [6.07, 6.45) is 2.48. The smallest absolute Gasteiger partial charge is 0.408 e. The molecule has 0 aliphatic carbocycles. The van der Waals surface area contributed by atoms with E-state index in [0.717, 1.165) is 16.9 Å². The summed E-state index contributed by atoms with van der Waals surface area (Å²) in [7, 11) is 0. The number of nitrogens with zero attached hydrogens (tertiary/aromatic N) is 5. The Labute approximate surface area is 236 Å². The van der Waals surface area contributed by atoms with Crippen LogP contribution in [0.15, 0.2) is 96.1 Å². The van der Waals surface area contributed by atoms with Crippen molar-refractivity contribution < 1.29 is 19.4 Å². The highest BCUT2D eigenvalue weighted by atomic mass is 16.5. The predicted octanol–water partition coefficient (Wildman–Crippen LogP) is 3.01. The number of rotatable bonds is 9. The zero-order valence-corrected chi connectivity index (χ0v) is 22.3. The van der Waals surface area contributed by atoms with Gasteiger partial charge in [0.25, 0.3) is 0 Å². The average Bonchev–Trinajstić information content (AvgIpc) is 3.02. The largest absolute Gasteiger partial charge is 0.480 e. The molecule has 2 N–H and O–H groups in total. The molecule has 11 heteroatoms. The first-order valence-electron chi connectivity index (χ1n) is 13.3. The fourth-order valence-electron chi connectivity index (χ4n) is 4.65. The lowest BCUT2D eigenvalue weighted by Gasteiger charge is -2.36. The van der Waals surface area contributed by atoms with E-state index in [1.54, 1.807) is 24.5 Å². The topological polar surface area (TPSA) is 130 Å². The Morgan fingerprint density at radius 2 is 1.56 bits per heavy atom. The summed E-state index contributed by atoms with van der Waals surface area (Å²) in [5.74, 6) is 0.123. The second kappa shape index (κ2) is 12.8. The molecule has 2 aromatic heterocycles. The van der Waals surface area contributed by atoms with Crippen LogP contribution in [0, 0.1) is 0 Å². The number of hydrogen-bond donors (Lipinski definition) is 2. The van der Waals surface area contributed by atoms with Gasteiger partial charge in [-0.3, -0.25) is 4.57 Å². The van der Waals surface area contributed by atoms with Gasteiger partial charge in [-0.2, -0.15) is 4.98 Å². The first-order chi connectivity index (χ1) is 20.0. The molecule has 0 radical (unpaired) electrons. The summed E-state index contributed by atoms with van der Waals surface area (Å²) in [6.45, 7) is 2.31. The maximum absolute atomic E-state index is 13.2. The zero-order valence-electron chi connectivity index (χ0n) is 22.3. The number of piperazine rings is 1. The molecule has 3 heterocycles. The van der Waals surface area contributed by atoms with Crippen LogP contribution in [0.4, 0.5) is 16.4 Å². The van der Waals surface area contributed by atoms with Crippen LogP contribution in [0.25, 0.3) is 11.1 Å². The Kier molecular flexibility index (Phi) is 8.53. The van der Waals surface area contributed by atoms with Crippen LogP contribution in [0.3, 0.4) is 0 Å². The third-order valence-corrected chi connectivity index (χ3v) is 6.79. The summed E-state index contributed by atoms with van der Waals surface area (Å²) in [6, 6.07) is 22.9. The number of alkyl carbamates (subject to hydrolysis) is 1. The minimum atomic E-state index is -1.41. The summed E-state index contributed by atoms with van der Waals surface area (Å²) in [5, 5.41) is 12.1. The second-order valence-corrected chi connectivity index (χ2v) is 9.54. The normalized spacial score (nSPS) is 13.9. The van der Waals surface area contributed by atoms with E-state index in [1.165, 1.54) is 4.57 Å². The molecule has 4 aromatic rings. The quantitative estimate of drug-likeness (QED) is 0.321. The van der Waals surface area contributed by atoms with E-state index in [-0.39, 0.29) is 13.2 Å². The number of aromatic nitrogens is 3. The molecule has 5 rings (SSSR count). The van der Waals surface area contributed by atoms with E-state index >= 15 is 0 Å². The fourth-order valence-corrected chi connectivity index (χ4v) is 4.65. The van der Waals surface area contributed by atoms with E-state index < -0.39 is 23.8 Å². The number of carboxylic acid groups (broad SMARTS) is 1. The Hall–Kier alpha value is -5.19. The molecular formula is C30H30N6O5. The molecule has 2 aromatic carbocycles. The van der Waals surface area contributed by atoms with Gasteiger partial charge in [-0.25, -0.2) is 19.4 Å². The third kappa shape index (κ3) is 6.88. The third-order valence-electron chi connectivity index (χ3n) is 6.79. The number of amides is 1. The highest BCUT2D eigenvalue weighted by Crippen LogP contribution is 2.29. The van der Waals surface area contributed by atoms with Gasteiger partial charge in [0.1, 0.15) is 24.3 Å². The van der Waals surface area contributed by atoms with Gasteiger partial charge in [-0.15, -0.1) is 0 Å². The van der Waals surface area contributed by atoms with E-state index in [1.807, 2.05) is 66.7 Å². The van der Waals surface area contributed by atoms with Crippen molar-refractivity contribution in [1.29, 1.82) is 0 Å². The number of hydrogen-bond acceptors (Lipinski definition) is 8. The molecular weight excluding hydrogens is 524 g/mol. The van der Waals surface area contributed by atoms with Crippen LogP contribution in [0.2, 0.25) is 0 Å². The highest BCUT2D eigenvalue weighted by molar-refractivity contribution is 5.80. The van der Waals surface area contributed by atoms with Gasteiger partial charge in [-0.05, 0) is 23.3 Å². The van der Waals surface area contributed by atoms with Crippen molar-refractivity contribution in [1.82, 2.24) is 19.9 Å². The Bertz CT molecular complexity index is 1520. The van der Waals surface area contributed by atoms with Crippen molar-refractivity contribution >= 4 is 23.7 Å². The van der Waals surface area contributed by atoms with E-state index in [2.05, 4.69) is 25.1 Å². The molecule has 41 heavy (non-hydrogen) atoms. The predicted molar refractivity (Wildman–Crippen MR) is 154 cm³/mol. The standard InChI is InChI=1S/C30H30N6O5/c37-28(38)25(32-30(40)41-21-22-9-3-1-4-10-22)20-36-19-24(23-11-5-2-6-12-23)27(33-29(36)39)35-17-15-34(16-18-35)26-13-7-8-14-31-26/h1-14,19,25H,15-18,20-21H2,(H,32,40)(H,37,38)/t25-/m0/s1. The van der Waals surface area contributed by atoms with Gasteiger partial charge in [0.2, 0.25) is 0 Å². The molecule has 1 amide bonds. The summed E-state index contributed by atoms with van der Waals surface area (Å²) < 4.78 is 6.39. The number of benzene rings is 2.